The van der Waals surface area contributed by atoms with Crippen molar-refractivity contribution in [2.24, 2.45) is 0 Å². The van der Waals surface area contributed by atoms with Crippen molar-refractivity contribution in [3.63, 3.8) is 0 Å². The molecular formula is C10H21NO. The van der Waals surface area contributed by atoms with Crippen LogP contribution in [0.5, 0.6) is 0 Å². The lowest BCUT2D eigenvalue weighted by Gasteiger charge is -2.43. The smallest absolute Gasteiger partial charge is 0.0569 e. The van der Waals surface area contributed by atoms with Crippen LogP contribution in [-0.2, 0) is 0 Å². The van der Waals surface area contributed by atoms with Crippen LogP contribution in [0.3, 0.4) is 0 Å². The van der Waals surface area contributed by atoms with Crippen molar-refractivity contribution in [3.8, 4) is 0 Å². The molecular weight excluding hydrogens is 150 g/mol. The second-order valence-electron chi connectivity index (χ2n) is 4.36. The molecule has 0 unspecified atom stereocenters. The van der Waals surface area contributed by atoms with Gasteiger partial charge in [0, 0.05) is 18.1 Å². The predicted octanol–water partition coefficient (Wildman–Crippen LogP) is 1.63. The molecule has 0 aromatic rings. The summed E-state index contributed by atoms with van der Waals surface area (Å²) < 4.78 is 0. The molecule has 0 bridgehead atoms. The first-order valence-electron chi connectivity index (χ1n) is 4.98. The van der Waals surface area contributed by atoms with Crippen LogP contribution in [0.4, 0.5) is 0 Å². The summed E-state index contributed by atoms with van der Waals surface area (Å²) >= 11 is 0. The fourth-order valence-electron chi connectivity index (χ4n) is 2.58. The molecule has 0 saturated carbocycles. The van der Waals surface area contributed by atoms with E-state index in [1.165, 1.54) is 0 Å². The fraction of sp³-hybridized carbons (Fsp3) is 1.00. The van der Waals surface area contributed by atoms with Crippen LogP contribution in [0.1, 0.15) is 40.5 Å². The molecule has 1 fully saturated rings. The lowest BCUT2D eigenvalue weighted by Crippen LogP contribution is -2.51. The number of hydrogen-bond acceptors (Lipinski definition) is 2. The first-order chi connectivity index (χ1) is 5.52. The Hall–Kier alpha value is -0.0800. The van der Waals surface area contributed by atoms with Crippen molar-refractivity contribution < 1.29 is 5.11 Å². The third-order valence-corrected chi connectivity index (χ3v) is 2.84. The van der Waals surface area contributed by atoms with E-state index in [1.807, 2.05) is 0 Å². The highest BCUT2D eigenvalue weighted by Gasteiger charge is 2.30. The van der Waals surface area contributed by atoms with Crippen LogP contribution in [0.25, 0.3) is 0 Å². The summed E-state index contributed by atoms with van der Waals surface area (Å²) in [5.41, 5.74) is 0. The molecule has 1 aliphatic rings. The maximum Gasteiger partial charge on any atom is 0.0569 e. The van der Waals surface area contributed by atoms with Crippen LogP contribution in [0.2, 0.25) is 0 Å². The molecule has 2 heteroatoms. The van der Waals surface area contributed by atoms with Gasteiger partial charge >= 0.3 is 0 Å². The van der Waals surface area contributed by atoms with Crippen LogP contribution >= 0.6 is 0 Å². The second kappa shape index (κ2) is 3.75. The van der Waals surface area contributed by atoms with Crippen molar-refractivity contribution in [1.29, 1.82) is 0 Å². The minimum Gasteiger partial charge on any atom is -0.393 e. The minimum absolute atomic E-state index is 0.0787. The van der Waals surface area contributed by atoms with E-state index >= 15 is 0 Å². The van der Waals surface area contributed by atoms with Crippen molar-refractivity contribution in [2.75, 3.05) is 0 Å². The Bertz CT molecular complexity index is 135. The second-order valence-corrected chi connectivity index (χ2v) is 4.36. The summed E-state index contributed by atoms with van der Waals surface area (Å²) in [7, 11) is 0. The van der Waals surface area contributed by atoms with Crippen molar-refractivity contribution >= 4 is 0 Å². The normalized spacial score (nSPS) is 39.0. The average Bonchev–Trinajstić information content (AvgIpc) is 1.82. The largest absolute Gasteiger partial charge is 0.393 e. The monoisotopic (exact) mass is 171 g/mol. The average molecular weight is 171 g/mol. The number of hydrogen-bond donors (Lipinski definition) is 1. The van der Waals surface area contributed by atoms with Gasteiger partial charge in [0.1, 0.15) is 0 Å². The molecule has 0 spiro atoms. The van der Waals surface area contributed by atoms with E-state index in [4.69, 9.17) is 0 Å². The van der Waals surface area contributed by atoms with E-state index in [-0.39, 0.29) is 6.10 Å². The number of piperidine rings is 1. The van der Waals surface area contributed by atoms with Gasteiger partial charge in [0.2, 0.25) is 0 Å². The van der Waals surface area contributed by atoms with Gasteiger partial charge in [-0.15, -0.1) is 0 Å². The molecule has 0 aromatic heterocycles. The van der Waals surface area contributed by atoms with Gasteiger partial charge in [0.25, 0.3) is 0 Å². The van der Waals surface area contributed by atoms with Gasteiger partial charge in [-0.1, -0.05) is 0 Å². The Morgan fingerprint density at radius 3 is 1.92 bits per heavy atom. The van der Waals surface area contributed by atoms with Crippen molar-refractivity contribution in [1.82, 2.24) is 4.90 Å². The molecule has 0 amide bonds. The third-order valence-electron chi connectivity index (χ3n) is 2.84. The quantitative estimate of drug-likeness (QED) is 0.648. The maximum atomic E-state index is 9.52. The van der Waals surface area contributed by atoms with Gasteiger partial charge in [-0.25, -0.2) is 0 Å². The Kier molecular flexibility index (Phi) is 3.13. The Morgan fingerprint density at radius 1 is 1.17 bits per heavy atom. The zero-order valence-electron chi connectivity index (χ0n) is 8.62. The van der Waals surface area contributed by atoms with Crippen LogP contribution in [-0.4, -0.2) is 34.2 Å². The lowest BCUT2D eigenvalue weighted by atomic mass is 9.93. The van der Waals surface area contributed by atoms with Crippen molar-refractivity contribution in [3.05, 3.63) is 0 Å². The van der Waals surface area contributed by atoms with E-state index in [1.54, 1.807) is 0 Å². The predicted molar refractivity (Wildman–Crippen MR) is 51.1 cm³/mol. The highest BCUT2D eigenvalue weighted by Crippen LogP contribution is 2.24. The van der Waals surface area contributed by atoms with Gasteiger partial charge in [0.05, 0.1) is 6.10 Å². The SMILES string of the molecule is CC(C)N1[C@@H](C)CC(O)C[C@@H]1C. The topological polar surface area (TPSA) is 23.5 Å². The summed E-state index contributed by atoms with van der Waals surface area (Å²) in [4.78, 5) is 2.49. The molecule has 0 aromatic carbocycles. The van der Waals surface area contributed by atoms with E-state index in [2.05, 4.69) is 32.6 Å². The summed E-state index contributed by atoms with van der Waals surface area (Å²) in [6.07, 6.45) is 1.79. The minimum atomic E-state index is -0.0787. The summed E-state index contributed by atoms with van der Waals surface area (Å²) in [5.74, 6) is 0. The fourth-order valence-corrected chi connectivity index (χ4v) is 2.58. The molecule has 1 rings (SSSR count). The van der Waals surface area contributed by atoms with Gasteiger partial charge < -0.3 is 5.11 Å². The molecule has 1 heterocycles. The Morgan fingerprint density at radius 2 is 1.58 bits per heavy atom. The molecule has 1 aliphatic heterocycles. The van der Waals surface area contributed by atoms with E-state index in [0.717, 1.165) is 12.8 Å². The number of nitrogens with zero attached hydrogens (tertiary/aromatic N) is 1. The molecule has 72 valence electrons. The molecule has 2 atom stereocenters. The third kappa shape index (κ3) is 1.99. The molecule has 1 N–H and O–H groups in total. The van der Waals surface area contributed by atoms with Gasteiger partial charge in [-0.2, -0.15) is 0 Å². The molecule has 1 saturated heterocycles. The zero-order chi connectivity index (χ0) is 9.30. The molecule has 0 aliphatic carbocycles. The van der Waals surface area contributed by atoms with Gasteiger partial charge in [-0.3, -0.25) is 4.90 Å². The first-order valence-corrected chi connectivity index (χ1v) is 4.98. The van der Waals surface area contributed by atoms with Crippen LogP contribution < -0.4 is 0 Å². The van der Waals surface area contributed by atoms with E-state index in [0.29, 0.717) is 18.1 Å². The molecule has 2 nitrogen and oxygen atoms in total. The number of likely N-dealkylation sites (tertiary alicyclic amines) is 1. The van der Waals surface area contributed by atoms with Gasteiger partial charge in [-0.05, 0) is 40.5 Å². The van der Waals surface area contributed by atoms with Crippen molar-refractivity contribution in [2.45, 2.75) is 64.8 Å². The van der Waals surface area contributed by atoms with E-state index < -0.39 is 0 Å². The Balaban J connectivity index is 2.60. The Labute approximate surface area is 75.6 Å². The van der Waals surface area contributed by atoms with E-state index in [9.17, 15) is 5.11 Å². The number of rotatable bonds is 1. The number of aliphatic hydroxyl groups is 1. The maximum absolute atomic E-state index is 9.52. The first kappa shape index (κ1) is 10.0. The van der Waals surface area contributed by atoms with Crippen LogP contribution in [0, 0.1) is 0 Å². The van der Waals surface area contributed by atoms with Gasteiger partial charge in [0.15, 0.2) is 0 Å². The summed E-state index contributed by atoms with van der Waals surface area (Å²) in [6.45, 7) is 8.87. The number of aliphatic hydroxyl groups excluding tert-OH is 1. The molecule has 12 heavy (non-hydrogen) atoms. The standard InChI is InChI=1S/C10H21NO/c1-7(2)11-8(3)5-10(12)6-9(11)4/h7-10,12H,5-6H2,1-4H3/t8-,9-/m0/s1. The molecule has 0 radical (unpaired) electrons. The highest BCUT2D eigenvalue weighted by molar-refractivity contribution is 4.85. The summed E-state index contributed by atoms with van der Waals surface area (Å²) in [6, 6.07) is 1.66. The lowest BCUT2D eigenvalue weighted by molar-refractivity contribution is -0.00378. The van der Waals surface area contributed by atoms with Crippen LogP contribution in [0.15, 0.2) is 0 Å². The summed E-state index contributed by atoms with van der Waals surface area (Å²) in [5, 5.41) is 9.52. The highest BCUT2D eigenvalue weighted by atomic mass is 16.3. The zero-order valence-corrected chi connectivity index (χ0v) is 8.62.